The zero-order valence-electron chi connectivity index (χ0n) is 11.5. The van der Waals surface area contributed by atoms with Crippen molar-refractivity contribution in [2.45, 2.75) is 39.2 Å². The first-order valence-corrected chi connectivity index (χ1v) is 6.54. The van der Waals surface area contributed by atoms with E-state index in [1.807, 2.05) is 0 Å². The molecule has 0 atom stereocenters. The molecule has 2 nitrogen and oxygen atoms in total. The highest BCUT2D eigenvalue weighted by molar-refractivity contribution is 5.58. The molecule has 0 spiro atoms. The van der Waals surface area contributed by atoms with Gasteiger partial charge in [0, 0.05) is 24.8 Å². The van der Waals surface area contributed by atoms with E-state index in [0.717, 1.165) is 13.0 Å². The van der Waals surface area contributed by atoms with Crippen LogP contribution in [0.3, 0.4) is 0 Å². The Balaban J connectivity index is 1.95. The number of rotatable bonds is 3. The predicted octanol–water partition coefficient (Wildman–Crippen LogP) is 2.61. The molecule has 0 unspecified atom stereocenters. The zero-order valence-corrected chi connectivity index (χ0v) is 11.5. The van der Waals surface area contributed by atoms with Crippen molar-refractivity contribution in [1.29, 1.82) is 0 Å². The summed E-state index contributed by atoms with van der Waals surface area (Å²) in [6.07, 6.45) is 2.32. The molecule has 1 aliphatic rings. The van der Waals surface area contributed by atoms with E-state index < -0.39 is 0 Å². The normalized spacial score (nSPS) is 15.2. The van der Waals surface area contributed by atoms with E-state index in [9.17, 15) is 0 Å². The van der Waals surface area contributed by atoms with Gasteiger partial charge in [-0.2, -0.15) is 0 Å². The molecular weight excluding hydrogens is 208 g/mol. The first-order valence-electron chi connectivity index (χ1n) is 6.54. The van der Waals surface area contributed by atoms with Crippen LogP contribution in [0.5, 0.6) is 0 Å². The number of nitrogens with one attached hydrogen (secondary N) is 1. The highest BCUT2D eigenvalue weighted by atomic mass is 15.1. The third-order valence-corrected chi connectivity index (χ3v) is 3.34. The van der Waals surface area contributed by atoms with Gasteiger partial charge in [-0.3, -0.25) is 0 Å². The molecule has 0 aliphatic carbocycles. The van der Waals surface area contributed by atoms with Crippen molar-refractivity contribution in [2.75, 3.05) is 25.0 Å². The number of hydrogen-bond donors (Lipinski definition) is 1. The summed E-state index contributed by atoms with van der Waals surface area (Å²) in [6.45, 7) is 8.86. The van der Waals surface area contributed by atoms with Gasteiger partial charge in [0.25, 0.3) is 0 Å². The minimum absolute atomic E-state index is 0.219. The fraction of sp³-hybridized carbons (Fsp3) is 0.600. The largest absolute Gasteiger partial charge is 0.374 e. The molecule has 2 rings (SSSR count). The van der Waals surface area contributed by atoms with E-state index in [0.29, 0.717) is 0 Å². The topological polar surface area (TPSA) is 15.3 Å². The summed E-state index contributed by atoms with van der Waals surface area (Å²) in [4.78, 5) is 2.34. The third-order valence-electron chi connectivity index (χ3n) is 3.34. The van der Waals surface area contributed by atoms with Gasteiger partial charge in [0.15, 0.2) is 0 Å². The lowest BCUT2D eigenvalue weighted by molar-refractivity contribution is 0.429. The van der Waals surface area contributed by atoms with Gasteiger partial charge in [-0.05, 0) is 57.4 Å². The molecule has 0 bridgehead atoms. The van der Waals surface area contributed by atoms with Crippen LogP contribution in [0.15, 0.2) is 18.2 Å². The van der Waals surface area contributed by atoms with E-state index in [4.69, 9.17) is 0 Å². The maximum atomic E-state index is 3.54. The first kappa shape index (κ1) is 12.4. The van der Waals surface area contributed by atoms with Crippen molar-refractivity contribution in [3.63, 3.8) is 0 Å². The summed E-state index contributed by atoms with van der Waals surface area (Å²) < 4.78 is 0. The van der Waals surface area contributed by atoms with Crippen molar-refractivity contribution in [1.82, 2.24) is 5.32 Å². The van der Waals surface area contributed by atoms with Gasteiger partial charge in [-0.25, -0.2) is 0 Å². The number of likely N-dealkylation sites (N-methyl/N-ethyl adjacent to an activating group) is 1. The Labute approximate surface area is 105 Å². The Morgan fingerprint density at radius 1 is 1.29 bits per heavy atom. The van der Waals surface area contributed by atoms with Crippen molar-refractivity contribution >= 4 is 5.69 Å². The van der Waals surface area contributed by atoms with Crippen LogP contribution in [0.25, 0.3) is 0 Å². The second kappa shape index (κ2) is 4.69. The van der Waals surface area contributed by atoms with Crippen LogP contribution in [-0.2, 0) is 12.8 Å². The molecule has 2 heteroatoms. The van der Waals surface area contributed by atoms with Crippen molar-refractivity contribution in [3.05, 3.63) is 29.3 Å². The average molecular weight is 232 g/mol. The summed E-state index contributed by atoms with van der Waals surface area (Å²) in [5, 5.41) is 3.54. The highest BCUT2D eigenvalue weighted by Gasteiger charge is 2.15. The minimum atomic E-state index is 0.219. The van der Waals surface area contributed by atoms with E-state index >= 15 is 0 Å². The van der Waals surface area contributed by atoms with Crippen molar-refractivity contribution in [2.24, 2.45) is 0 Å². The Hall–Kier alpha value is -1.02. The number of fused-ring (bicyclic) bond motifs is 1. The van der Waals surface area contributed by atoms with Gasteiger partial charge < -0.3 is 10.2 Å². The molecule has 0 fully saturated rings. The molecule has 0 saturated heterocycles. The van der Waals surface area contributed by atoms with Crippen LogP contribution in [0.1, 0.15) is 31.9 Å². The van der Waals surface area contributed by atoms with Gasteiger partial charge in [-0.15, -0.1) is 0 Å². The van der Waals surface area contributed by atoms with E-state index in [1.165, 1.54) is 29.8 Å². The summed E-state index contributed by atoms with van der Waals surface area (Å²) in [5.41, 5.74) is 4.60. The molecule has 94 valence electrons. The Bertz CT molecular complexity index is 390. The Morgan fingerprint density at radius 3 is 2.76 bits per heavy atom. The molecule has 0 amide bonds. The summed E-state index contributed by atoms with van der Waals surface area (Å²) in [7, 11) is 2.17. The van der Waals surface area contributed by atoms with Gasteiger partial charge in [0.05, 0.1) is 0 Å². The van der Waals surface area contributed by atoms with Gasteiger partial charge in [0.2, 0.25) is 0 Å². The maximum absolute atomic E-state index is 3.54. The number of benzene rings is 1. The molecule has 1 aromatic carbocycles. The van der Waals surface area contributed by atoms with E-state index in [2.05, 4.69) is 56.2 Å². The Kier molecular flexibility index (Phi) is 3.43. The summed E-state index contributed by atoms with van der Waals surface area (Å²) in [6, 6.07) is 6.92. The lowest BCUT2D eigenvalue weighted by Crippen LogP contribution is -2.37. The van der Waals surface area contributed by atoms with Crippen LogP contribution in [0.4, 0.5) is 5.69 Å². The minimum Gasteiger partial charge on any atom is -0.374 e. The van der Waals surface area contributed by atoms with Gasteiger partial charge in [-0.1, -0.05) is 12.1 Å². The fourth-order valence-electron chi connectivity index (χ4n) is 2.36. The molecular formula is C15H24N2. The first-order chi connectivity index (χ1) is 7.96. The van der Waals surface area contributed by atoms with Crippen LogP contribution >= 0.6 is 0 Å². The highest BCUT2D eigenvalue weighted by Crippen LogP contribution is 2.27. The van der Waals surface area contributed by atoms with Gasteiger partial charge in [0.1, 0.15) is 0 Å². The molecule has 1 aromatic rings. The molecule has 1 heterocycles. The standard InChI is InChI=1S/C15H24N2/c1-15(2,3)16-9-7-12-5-6-14-13(11-12)8-10-17(14)4/h5-6,11,16H,7-10H2,1-4H3. The quantitative estimate of drug-likeness (QED) is 0.862. The fourth-order valence-corrected chi connectivity index (χ4v) is 2.36. The monoisotopic (exact) mass is 232 g/mol. The number of hydrogen-bond acceptors (Lipinski definition) is 2. The Morgan fingerprint density at radius 2 is 2.06 bits per heavy atom. The molecule has 1 aliphatic heterocycles. The van der Waals surface area contributed by atoms with Crippen LogP contribution in [0, 0.1) is 0 Å². The molecule has 0 radical (unpaired) electrons. The van der Waals surface area contributed by atoms with Gasteiger partial charge >= 0.3 is 0 Å². The lowest BCUT2D eigenvalue weighted by atomic mass is 10.0. The van der Waals surface area contributed by atoms with Crippen LogP contribution < -0.4 is 10.2 Å². The molecule has 0 aromatic heterocycles. The summed E-state index contributed by atoms with van der Waals surface area (Å²) >= 11 is 0. The van der Waals surface area contributed by atoms with Crippen LogP contribution in [0.2, 0.25) is 0 Å². The number of nitrogens with zero attached hydrogens (tertiary/aromatic N) is 1. The molecule has 1 N–H and O–H groups in total. The van der Waals surface area contributed by atoms with Crippen LogP contribution in [-0.4, -0.2) is 25.7 Å². The lowest BCUT2D eigenvalue weighted by Gasteiger charge is -2.20. The van der Waals surface area contributed by atoms with Crippen molar-refractivity contribution < 1.29 is 0 Å². The van der Waals surface area contributed by atoms with E-state index in [-0.39, 0.29) is 5.54 Å². The molecule has 0 saturated carbocycles. The average Bonchev–Trinajstić information content (AvgIpc) is 2.58. The molecule has 17 heavy (non-hydrogen) atoms. The SMILES string of the molecule is CN1CCc2cc(CCNC(C)(C)C)ccc21. The smallest absolute Gasteiger partial charge is 0.0397 e. The summed E-state index contributed by atoms with van der Waals surface area (Å²) in [5.74, 6) is 0. The zero-order chi connectivity index (χ0) is 12.5. The third kappa shape index (κ3) is 3.22. The predicted molar refractivity (Wildman–Crippen MR) is 74.9 cm³/mol. The van der Waals surface area contributed by atoms with Crippen molar-refractivity contribution in [3.8, 4) is 0 Å². The number of anilines is 1. The second-order valence-corrected chi connectivity index (χ2v) is 6.06. The maximum Gasteiger partial charge on any atom is 0.0397 e. The second-order valence-electron chi connectivity index (χ2n) is 6.06. The van der Waals surface area contributed by atoms with E-state index in [1.54, 1.807) is 0 Å².